The number of amides is 1. The van der Waals surface area contributed by atoms with Crippen molar-refractivity contribution >= 4 is 33.3 Å². The molecule has 4 rings (SSSR count). The van der Waals surface area contributed by atoms with Crippen LogP contribution in [0.1, 0.15) is 18.7 Å². The van der Waals surface area contributed by atoms with Crippen molar-refractivity contribution in [1.82, 2.24) is 9.97 Å². The van der Waals surface area contributed by atoms with Crippen molar-refractivity contribution in [2.24, 2.45) is 5.73 Å². The normalized spacial score (nSPS) is 19.7. The van der Waals surface area contributed by atoms with E-state index in [9.17, 15) is 4.79 Å². The molecule has 1 aromatic carbocycles. The van der Waals surface area contributed by atoms with E-state index >= 15 is 0 Å². The minimum Gasteiger partial charge on any atom is -0.367 e. The SMILES string of the molecule is Cc1nc(NCC2CCC(C(N)=O)O2)c2cc(-c3ccccc3)sc2n1. The smallest absolute Gasteiger partial charge is 0.246 e. The number of benzene rings is 1. The molecule has 1 saturated heterocycles. The molecule has 2 unspecified atom stereocenters. The van der Waals surface area contributed by atoms with Crippen molar-refractivity contribution in [2.75, 3.05) is 11.9 Å². The van der Waals surface area contributed by atoms with Crippen molar-refractivity contribution in [1.29, 1.82) is 0 Å². The lowest BCUT2D eigenvalue weighted by molar-refractivity contribution is -0.128. The van der Waals surface area contributed by atoms with Crippen molar-refractivity contribution in [2.45, 2.75) is 32.0 Å². The number of fused-ring (bicyclic) bond motifs is 1. The van der Waals surface area contributed by atoms with Crippen LogP contribution in [0.25, 0.3) is 20.7 Å². The zero-order chi connectivity index (χ0) is 18.1. The first-order valence-electron chi connectivity index (χ1n) is 8.62. The molecule has 26 heavy (non-hydrogen) atoms. The summed E-state index contributed by atoms with van der Waals surface area (Å²) in [5.41, 5.74) is 6.48. The molecule has 1 fully saturated rings. The molecule has 1 aliphatic heterocycles. The van der Waals surface area contributed by atoms with Gasteiger partial charge in [-0.15, -0.1) is 11.3 Å². The highest BCUT2D eigenvalue weighted by Crippen LogP contribution is 2.35. The number of primary amides is 1. The number of carbonyl (C=O) groups excluding carboxylic acids is 1. The Labute approximate surface area is 155 Å². The summed E-state index contributed by atoms with van der Waals surface area (Å²) < 4.78 is 5.68. The quantitative estimate of drug-likeness (QED) is 0.722. The van der Waals surface area contributed by atoms with Gasteiger partial charge >= 0.3 is 0 Å². The summed E-state index contributed by atoms with van der Waals surface area (Å²) in [6.45, 7) is 2.48. The summed E-state index contributed by atoms with van der Waals surface area (Å²) in [4.78, 5) is 22.5. The lowest BCUT2D eigenvalue weighted by Gasteiger charge is -2.13. The second-order valence-electron chi connectivity index (χ2n) is 6.42. The highest BCUT2D eigenvalue weighted by Gasteiger charge is 2.29. The number of hydrogen-bond acceptors (Lipinski definition) is 6. The lowest BCUT2D eigenvalue weighted by atomic mass is 10.2. The number of nitrogens with zero attached hydrogens (tertiary/aromatic N) is 2. The monoisotopic (exact) mass is 368 g/mol. The molecule has 0 saturated carbocycles. The van der Waals surface area contributed by atoms with E-state index in [1.165, 1.54) is 5.56 Å². The van der Waals surface area contributed by atoms with Gasteiger partial charge in [-0.3, -0.25) is 4.79 Å². The second-order valence-corrected chi connectivity index (χ2v) is 7.45. The van der Waals surface area contributed by atoms with Gasteiger partial charge in [0.15, 0.2) is 0 Å². The van der Waals surface area contributed by atoms with E-state index in [0.717, 1.165) is 33.2 Å². The molecular weight excluding hydrogens is 348 g/mol. The number of aromatic nitrogens is 2. The predicted molar refractivity (Wildman–Crippen MR) is 103 cm³/mol. The van der Waals surface area contributed by atoms with Crippen LogP contribution in [0, 0.1) is 6.92 Å². The summed E-state index contributed by atoms with van der Waals surface area (Å²) in [6, 6.07) is 12.4. The number of aryl methyl sites for hydroxylation is 1. The van der Waals surface area contributed by atoms with E-state index in [0.29, 0.717) is 13.0 Å². The molecule has 1 amide bonds. The summed E-state index contributed by atoms with van der Waals surface area (Å²) in [5.74, 6) is 1.14. The van der Waals surface area contributed by atoms with Crippen molar-refractivity contribution in [3.63, 3.8) is 0 Å². The maximum atomic E-state index is 11.2. The number of nitrogens with two attached hydrogens (primary N) is 1. The standard InChI is InChI=1S/C19H20N4O2S/c1-11-22-18(21-10-13-7-8-15(25-13)17(20)24)14-9-16(26-19(14)23-11)12-5-3-2-4-6-12/h2-6,9,13,15H,7-8,10H2,1H3,(H2,20,24)(H,21,22,23). The molecule has 0 aliphatic carbocycles. The third-order valence-corrected chi connectivity index (χ3v) is 5.56. The van der Waals surface area contributed by atoms with E-state index in [4.69, 9.17) is 10.5 Å². The van der Waals surface area contributed by atoms with Gasteiger partial charge in [0.25, 0.3) is 0 Å². The number of ether oxygens (including phenoxy) is 1. The fourth-order valence-electron chi connectivity index (χ4n) is 3.18. The third-order valence-electron chi connectivity index (χ3n) is 4.48. The van der Waals surface area contributed by atoms with Crippen LogP contribution in [-0.2, 0) is 9.53 Å². The molecule has 1 aliphatic rings. The zero-order valence-electron chi connectivity index (χ0n) is 14.4. The molecule has 134 valence electrons. The van der Waals surface area contributed by atoms with Crippen LogP contribution in [0.5, 0.6) is 0 Å². The summed E-state index contributed by atoms with van der Waals surface area (Å²) in [7, 11) is 0. The van der Waals surface area contributed by atoms with Crippen molar-refractivity contribution in [3.05, 3.63) is 42.2 Å². The topological polar surface area (TPSA) is 90.1 Å². The van der Waals surface area contributed by atoms with E-state index in [2.05, 4.69) is 33.5 Å². The predicted octanol–water partition coefficient (Wildman–Crippen LogP) is 3.11. The number of hydrogen-bond donors (Lipinski definition) is 2. The van der Waals surface area contributed by atoms with Crippen molar-refractivity contribution in [3.8, 4) is 10.4 Å². The van der Waals surface area contributed by atoms with Gasteiger partial charge < -0.3 is 15.8 Å². The Hall–Kier alpha value is -2.51. The first-order valence-corrected chi connectivity index (χ1v) is 9.44. The van der Waals surface area contributed by atoms with Crippen LogP contribution in [0.15, 0.2) is 36.4 Å². The zero-order valence-corrected chi connectivity index (χ0v) is 15.3. The third kappa shape index (κ3) is 3.40. The molecule has 3 N–H and O–H groups in total. The van der Waals surface area contributed by atoms with Gasteiger partial charge in [-0.05, 0) is 31.4 Å². The number of thiophene rings is 1. The molecule has 3 heterocycles. The fraction of sp³-hybridized carbons (Fsp3) is 0.316. The molecular formula is C19H20N4O2S. The molecule has 2 aromatic heterocycles. The van der Waals surface area contributed by atoms with E-state index in [-0.39, 0.29) is 6.10 Å². The fourth-order valence-corrected chi connectivity index (χ4v) is 4.27. The van der Waals surface area contributed by atoms with E-state index in [1.54, 1.807) is 11.3 Å². The van der Waals surface area contributed by atoms with Crippen LogP contribution in [-0.4, -0.2) is 34.6 Å². The van der Waals surface area contributed by atoms with Gasteiger partial charge in [0, 0.05) is 11.4 Å². The molecule has 0 bridgehead atoms. The average Bonchev–Trinajstić information content (AvgIpc) is 3.27. The van der Waals surface area contributed by atoms with E-state index in [1.807, 2.05) is 25.1 Å². The Morgan fingerprint density at radius 1 is 1.31 bits per heavy atom. The number of rotatable bonds is 5. The first kappa shape index (κ1) is 16.9. The van der Waals surface area contributed by atoms with E-state index < -0.39 is 12.0 Å². The van der Waals surface area contributed by atoms with Crippen LogP contribution < -0.4 is 11.1 Å². The molecule has 0 spiro atoms. The van der Waals surface area contributed by atoms with Gasteiger partial charge in [0.05, 0.1) is 11.5 Å². The van der Waals surface area contributed by atoms with Crippen LogP contribution in [0.3, 0.4) is 0 Å². The minimum atomic E-state index is -0.472. The number of nitrogens with one attached hydrogen (secondary N) is 1. The van der Waals surface area contributed by atoms with Crippen LogP contribution in [0.4, 0.5) is 5.82 Å². The number of anilines is 1. The molecule has 7 heteroatoms. The highest BCUT2D eigenvalue weighted by molar-refractivity contribution is 7.21. The maximum Gasteiger partial charge on any atom is 0.246 e. The van der Waals surface area contributed by atoms with Gasteiger partial charge in [0.1, 0.15) is 22.6 Å². The Morgan fingerprint density at radius 3 is 2.85 bits per heavy atom. The minimum absolute atomic E-state index is 0.0370. The summed E-state index contributed by atoms with van der Waals surface area (Å²) in [5, 5.41) is 4.38. The van der Waals surface area contributed by atoms with Gasteiger partial charge in [-0.2, -0.15) is 0 Å². The Morgan fingerprint density at radius 2 is 2.12 bits per heavy atom. The summed E-state index contributed by atoms with van der Waals surface area (Å²) >= 11 is 1.66. The maximum absolute atomic E-state index is 11.2. The largest absolute Gasteiger partial charge is 0.367 e. The Bertz CT molecular complexity index is 941. The first-order chi connectivity index (χ1) is 12.6. The Kier molecular flexibility index (Phi) is 4.57. The number of carbonyl (C=O) groups is 1. The Balaban J connectivity index is 1.57. The molecule has 2 atom stereocenters. The highest BCUT2D eigenvalue weighted by atomic mass is 32.1. The lowest BCUT2D eigenvalue weighted by Crippen LogP contribution is -2.30. The molecule has 3 aromatic rings. The van der Waals surface area contributed by atoms with Gasteiger partial charge in [0.2, 0.25) is 5.91 Å². The average molecular weight is 368 g/mol. The van der Waals surface area contributed by atoms with Crippen LogP contribution >= 0.6 is 11.3 Å². The van der Waals surface area contributed by atoms with Gasteiger partial charge in [-0.1, -0.05) is 30.3 Å². The second kappa shape index (κ2) is 7.01. The van der Waals surface area contributed by atoms with Crippen LogP contribution in [0.2, 0.25) is 0 Å². The molecule has 0 radical (unpaired) electrons. The van der Waals surface area contributed by atoms with Gasteiger partial charge in [-0.25, -0.2) is 9.97 Å². The molecule has 6 nitrogen and oxygen atoms in total. The van der Waals surface area contributed by atoms with Crippen molar-refractivity contribution < 1.29 is 9.53 Å². The summed E-state index contributed by atoms with van der Waals surface area (Å²) in [6.07, 6.45) is 0.980.